The average molecular weight is 513 g/mol. The highest BCUT2D eigenvalue weighted by molar-refractivity contribution is 5.94. The van der Waals surface area contributed by atoms with Crippen molar-refractivity contribution < 1.29 is 27.4 Å². The number of hydrogen-bond donors (Lipinski definition) is 1. The highest BCUT2D eigenvalue weighted by Gasteiger charge is 2.30. The van der Waals surface area contributed by atoms with Crippen LogP contribution in [-0.4, -0.2) is 42.2 Å². The lowest BCUT2D eigenvalue weighted by Gasteiger charge is -2.26. The van der Waals surface area contributed by atoms with Crippen molar-refractivity contribution in [3.63, 3.8) is 0 Å². The van der Waals surface area contributed by atoms with Crippen molar-refractivity contribution in [2.45, 2.75) is 32.0 Å². The molecule has 1 saturated heterocycles. The minimum absolute atomic E-state index is 0.0645. The summed E-state index contributed by atoms with van der Waals surface area (Å²) in [4.78, 5) is 18.2. The van der Waals surface area contributed by atoms with Gasteiger partial charge in [0.15, 0.2) is 11.5 Å². The van der Waals surface area contributed by atoms with Crippen molar-refractivity contribution in [2.75, 3.05) is 25.6 Å². The number of rotatable bonds is 8. The molecule has 7 nitrogen and oxygen atoms in total. The van der Waals surface area contributed by atoms with Gasteiger partial charge in [0.25, 0.3) is 5.91 Å². The zero-order chi connectivity index (χ0) is 26.3. The summed E-state index contributed by atoms with van der Waals surface area (Å²) in [5.74, 6) is 1.27. The maximum Gasteiger partial charge on any atom is 0.417 e. The Kier molecular flexibility index (Phi) is 8.27. The smallest absolute Gasteiger partial charge is 0.417 e. The number of piperidine rings is 1. The molecule has 1 aromatic heterocycles. The minimum atomic E-state index is -4.44. The first-order valence-corrected chi connectivity index (χ1v) is 11.8. The van der Waals surface area contributed by atoms with Crippen molar-refractivity contribution in [1.29, 1.82) is 0 Å². The molecule has 1 aliphatic rings. The van der Waals surface area contributed by atoms with Gasteiger partial charge in [-0.2, -0.15) is 18.3 Å². The van der Waals surface area contributed by atoms with Crippen LogP contribution in [0.2, 0.25) is 0 Å². The summed E-state index contributed by atoms with van der Waals surface area (Å²) in [7, 11) is 1.52. The molecule has 0 saturated carbocycles. The fourth-order valence-electron chi connectivity index (χ4n) is 3.87. The second-order valence-electron chi connectivity index (χ2n) is 8.55. The molecule has 2 heterocycles. The molecule has 1 amide bonds. The van der Waals surface area contributed by atoms with Gasteiger partial charge in [-0.15, -0.1) is 0 Å². The van der Waals surface area contributed by atoms with Gasteiger partial charge in [-0.3, -0.25) is 10.2 Å². The van der Waals surface area contributed by atoms with Crippen LogP contribution in [0.15, 0.2) is 65.9 Å². The topological polar surface area (TPSA) is 76.0 Å². The minimum Gasteiger partial charge on any atom is -0.493 e. The molecule has 37 heavy (non-hydrogen) atoms. The molecule has 0 unspecified atom stereocenters. The van der Waals surface area contributed by atoms with Crippen LogP contribution in [0.4, 0.5) is 19.0 Å². The Morgan fingerprint density at radius 3 is 2.46 bits per heavy atom. The lowest BCUT2D eigenvalue weighted by Crippen LogP contribution is -2.35. The number of hydrazone groups is 1. The third kappa shape index (κ3) is 6.99. The monoisotopic (exact) mass is 512 g/mol. The van der Waals surface area contributed by atoms with E-state index in [4.69, 9.17) is 9.47 Å². The van der Waals surface area contributed by atoms with E-state index in [1.54, 1.807) is 18.2 Å². The molecule has 10 heteroatoms. The SMILES string of the molecule is COc1cc(/C=N/Nc2ccc(C(F)(F)F)cn2)ccc1OCc1ccc(C(=O)N2CCCCC2)cc1. The van der Waals surface area contributed by atoms with Crippen LogP contribution in [0, 0.1) is 0 Å². The first-order chi connectivity index (χ1) is 17.8. The van der Waals surface area contributed by atoms with E-state index in [2.05, 4.69) is 15.5 Å². The number of likely N-dealkylation sites (tertiary alicyclic amines) is 1. The van der Waals surface area contributed by atoms with E-state index in [9.17, 15) is 18.0 Å². The van der Waals surface area contributed by atoms with Gasteiger partial charge in [-0.25, -0.2) is 4.98 Å². The summed E-state index contributed by atoms with van der Waals surface area (Å²) in [5, 5.41) is 4.01. The largest absolute Gasteiger partial charge is 0.493 e. The van der Waals surface area contributed by atoms with E-state index in [0.717, 1.165) is 43.8 Å². The number of methoxy groups -OCH3 is 1. The van der Waals surface area contributed by atoms with Crippen molar-refractivity contribution in [2.24, 2.45) is 5.10 Å². The molecule has 0 aliphatic carbocycles. The second kappa shape index (κ2) is 11.8. The van der Waals surface area contributed by atoms with Crippen LogP contribution in [0.5, 0.6) is 11.5 Å². The third-order valence-corrected chi connectivity index (χ3v) is 5.91. The third-order valence-electron chi connectivity index (χ3n) is 5.91. The predicted octanol–water partition coefficient (Wildman–Crippen LogP) is 5.76. The lowest BCUT2D eigenvalue weighted by molar-refractivity contribution is -0.137. The molecule has 194 valence electrons. The molecule has 0 spiro atoms. The molecule has 1 N–H and O–H groups in total. The number of carbonyl (C=O) groups excluding carboxylic acids is 1. The molecule has 0 bridgehead atoms. The number of ether oxygens (including phenoxy) is 2. The quantitative estimate of drug-likeness (QED) is 0.307. The number of pyridine rings is 1. The zero-order valence-corrected chi connectivity index (χ0v) is 20.3. The van der Waals surface area contributed by atoms with E-state index >= 15 is 0 Å². The standard InChI is InChI=1S/C27H27F3N4O3/c1-36-24-15-20(16-32-33-25-12-10-22(17-31-25)27(28,29)30)7-11-23(24)37-18-19-5-8-21(9-6-19)26(35)34-13-3-2-4-14-34/h5-12,15-17H,2-4,13-14,18H2,1H3,(H,31,33)/b32-16+. The Bertz CT molecular complexity index is 1220. The molecule has 1 aliphatic heterocycles. The van der Waals surface area contributed by atoms with Gasteiger partial charge in [0.2, 0.25) is 0 Å². The van der Waals surface area contributed by atoms with Crippen LogP contribution in [-0.2, 0) is 12.8 Å². The summed E-state index contributed by atoms with van der Waals surface area (Å²) in [6.45, 7) is 1.92. The number of carbonyl (C=O) groups is 1. The Balaban J connectivity index is 1.32. The van der Waals surface area contributed by atoms with Crippen LogP contribution < -0.4 is 14.9 Å². The van der Waals surface area contributed by atoms with Gasteiger partial charge >= 0.3 is 6.18 Å². The van der Waals surface area contributed by atoms with Crippen molar-refractivity contribution >= 4 is 17.9 Å². The zero-order valence-electron chi connectivity index (χ0n) is 20.3. The van der Waals surface area contributed by atoms with E-state index in [0.29, 0.717) is 29.2 Å². The van der Waals surface area contributed by atoms with Gasteiger partial charge in [0, 0.05) is 24.8 Å². The van der Waals surface area contributed by atoms with Crippen LogP contribution >= 0.6 is 0 Å². The molecule has 3 aromatic rings. The van der Waals surface area contributed by atoms with Gasteiger partial charge in [0.05, 0.1) is 18.9 Å². The normalized spacial score (nSPS) is 14.0. The number of amides is 1. The molecule has 0 atom stereocenters. The van der Waals surface area contributed by atoms with E-state index < -0.39 is 11.7 Å². The number of halogens is 3. The highest BCUT2D eigenvalue weighted by Crippen LogP contribution is 2.30. The van der Waals surface area contributed by atoms with Crippen molar-refractivity contribution in [3.05, 3.63) is 83.0 Å². The first kappa shape index (κ1) is 26.0. The van der Waals surface area contributed by atoms with Crippen LogP contribution in [0.25, 0.3) is 0 Å². The van der Waals surface area contributed by atoms with Gasteiger partial charge < -0.3 is 14.4 Å². The van der Waals surface area contributed by atoms with E-state index in [1.807, 2.05) is 29.2 Å². The number of anilines is 1. The summed E-state index contributed by atoms with van der Waals surface area (Å²) < 4.78 is 49.2. The average Bonchev–Trinajstić information content (AvgIpc) is 2.92. The molecule has 2 aromatic carbocycles. The maximum atomic E-state index is 12.6. The number of alkyl halides is 3. The maximum absolute atomic E-state index is 12.6. The fraction of sp³-hybridized carbons (Fsp3) is 0.296. The fourth-order valence-corrected chi connectivity index (χ4v) is 3.87. The predicted molar refractivity (Wildman–Crippen MR) is 134 cm³/mol. The Morgan fingerprint density at radius 1 is 1.05 bits per heavy atom. The first-order valence-electron chi connectivity index (χ1n) is 11.8. The number of aromatic nitrogens is 1. The van der Waals surface area contributed by atoms with Crippen molar-refractivity contribution in [1.82, 2.24) is 9.88 Å². The van der Waals surface area contributed by atoms with Crippen LogP contribution in [0.3, 0.4) is 0 Å². The number of hydrogen-bond acceptors (Lipinski definition) is 6. The molecule has 1 fully saturated rings. The summed E-state index contributed by atoms with van der Waals surface area (Å²) in [5.41, 5.74) is 4.04. The van der Waals surface area contributed by atoms with Crippen LogP contribution in [0.1, 0.15) is 46.3 Å². The number of nitrogens with one attached hydrogen (secondary N) is 1. The van der Waals surface area contributed by atoms with Gasteiger partial charge in [-0.1, -0.05) is 12.1 Å². The van der Waals surface area contributed by atoms with Gasteiger partial charge in [-0.05, 0) is 72.9 Å². The lowest BCUT2D eigenvalue weighted by atomic mass is 10.1. The summed E-state index contributed by atoms with van der Waals surface area (Å²) in [6.07, 6.45) is 1.07. The Morgan fingerprint density at radius 2 is 1.81 bits per heavy atom. The summed E-state index contributed by atoms with van der Waals surface area (Å²) in [6, 6.07) is 14.8. The molecule has 0 radical (unpaired) electrons. The van der Waals surface area contributed by atoms with E-state index in [-0.39, 0.29) is 11.7 Å². The van der Waals surface area contributed by atoms with Gasteiger partial charge in [0.1, 0.15) is 12.4 Å². The highest BCUT2D eigenvalue weighted by atomic mass is 19.4. The van der Waals surface area contributed by atoms with Crippen molar-refractivity contribution in [3.8, 4) is 11.5 Å². The Labute approximate surface area is 212 Å². The Hall–Kier alpha value is -4.08. The molecular formula is C27H27F3N4O3. The molecule has 4 rings (SSSR count). The number of nitrogens with zero attached hydrogens (tertiary/aromatic N) is 3. The number of benzene rings is 2. The van der Waals surface area contributed by atoms with E-state index in [1.165, 1.54) is 25.8 Å². The second-order valence-corrected chi connectivity index (χ2v) is 8.55. The summed E-state index contributed by atoms with van der Waals surface area (Å²) >= 11 is 0. The molecular weight excluding hydrogens is 485 g/mol.